The molecule has 3 N–H and O–H groups in total. The van der Waals surface area contributed by atoms with Crippen LogP contribution in [-0.2, 0) is 4.74 Å². The number of aliphatic hydroxyl groups excluding tert-OH is 3. The summed E-state index contributed by atoms with van der Waals surface area (Å²) in [7, 11) is 0. The van der Waals surface area contributed by atoms with E-state index >= 15 is 0 Å². The fourth-order valence-corrected chi connectivity index (χ4v) is 0.713. The van der Waals surface area contributed by atoms with Crippen molar-refractivity contribution in [3.05, 3.63) is 6.61 Å². The molecule has 1 aliphatic heterocycles. The van der Waals surface area contributed by atoms with Crippen LogP contribution in [0.3, 0.4) is 0 Å². The molecule has 1 saturated heterocycles. The van der Waals surface area contributed by atoms with E-state index in [-0.39, 0.29) is 6.61 Å². The van der Waals surface area contributed by atoms with Crippen LogP contribution < -0.4 is 0 Å². The minimum atomic E-state index is -0.977. The molecule has 4 nitrogen and oxygen atoms in total. The number of rotatable bonds is 1. The summed E-state index contributed by atoms with van der Waals surface area (Å²) in [6.07, 6.45) is -2.59. The number of hydrogen-bond acceptors (Lipinski definition) is 4. The van der Waals surface area contributed by atoms with Crippen molar-refractivity contribution in [2.75, 3.05) is 6.61 Å². The fourth-order valence-electron chi connectivity index (χ4n) is 0.713. The highest BCUT2D eigenvalue weighted by Crippen LogP contribution is 2.16. The van der Waals surface area contributed by atoms with E-state index in [0.717, 1.165) is 6.61 Å². The van der Waals surface area contributed by atoms with Gasteiger partial charge < -0.3 is 20.1 Å². The third-order valence-corrected chi connectivity index (χ3v) is 1.30. The van der Waals surface area contributed by atoms with Gasteiger partial charge in [-0.05, 0) is 0 Å². The fraction of sp³-hybridized carbons (Fsp3) is 0.800. The Labute approximate surface area is 52.7 Å². The molecule has 0 unspecified atom stereocenters. The SMILES string of the molecule is OC[C@@H]1O[CH][C@H](O)[C@@H]1O. The van der Waals surface area contributed by atoms with Crippen LogP contribution in [0.5, 0.6) is 0 Å². The Morgan fingerprint density at radius 2 is 2.11 bits per heavy atom. The standard InChI is InChI=1S/C5H9O4/c6-1-4-5(8)3(7)2-9-4/h2-8H,1H2/t3-,4-,5-/m0/s1. The molecule has 0 aromatic rings. The minimum absolute atomic E-state index is 0.269. The predicted octanol–water partition coefficient (Wildman–Crippen LogP) is -1.74. The molecule has 3 atom stereocenters. The summed E-state index contributed by atoms with van der Waals surface area (Å²) in [5.74, 6) is 0. The van der Waals surface area contributed by atoms with Gasteiger partial charge in [-0.15, -0.1) is 0 Å². The van der Waals surface area contributed by atoms with Crippen LogP contribution in [-0.4, -0.2) is 40.2 Å². The van der Waals surface area contributed by atoms with Gasteiger partial charge in [-0.1, -0.05) is 0 Å². The van der Waals surface area contributed by atoms with Gasteiger partial charge in [-0.25, -0.2) is 0 Å². The maximum absolute atomic E-state index is 8.89. The maximum atomic E-state index is 8.89. The Morgan fingerprint density at radius 1 is 1.44 bits per heavy atom. The Kier molecular flexibility index (Phi) is 2.02. The smallest absolute Gasteiger partial charge is 0.115 e. The monoisotopic (exact) mass is 133 g/mol. The van der Waals surface area contributed by atoms with Crippen molar-refractivity contribution in [2.24, 2.45) is 0 Å². The van der Waals surface area contributed by atoms with Crippen molar-refractivity contribution in [2.45, 2.75) is 18.3 Å². The first-order valence-corrected chi connectivity index (χ1v) is 2.71. The highest BCUT2D eigenvalue weighted by Gasteiger charge is 2.34. The lowest BCUT2D eigenvalue weighted by atomic mass is 10.2. The van der Waals surface area contributed by atoms with Crippen LogP contribution >= 0.6 is 0 Å². The van der Waals surface area contributed by atoms with Crippen LogP contribution in [0.2, 0.25) is 0 Å². The minimum Gasteiger partial charge on any atom is -0.394 e. The van der Waals surface area contributed by atoms with Crippen molar-refractivity contribution >= 4 is 0 Å². The quantitative estimate of drug-likeness (QED) is 0.397. The van der Waals surface area contributed by atoms with E-state index in [9.17, 15) is 0 Å². The average Bonchev–Trinajstić information content (AvgIpc) is 2.15. The summed E-state index contributed by atoms with van der Waals surface area (Å²) < 4.78 is 4.65. The molecule has 0 bridgehead atoms. The first kappa shape index (κ1) is 6.95. The highest BCUT2D eigenvalue weighted by molar-refractivity contribution is 4.89. The van der Waals surface area contributed by atoms with Gasteiger partial charge in [0.15, 0.2) is 0 Å². The van der Waals surface area contributed by atoms with Crippen molar-refractivity contribution in [1.29, 1.82) is 0 Å². The molecular formula is C5H9O4. The van der Waals surface area contributed by atoms with Gasteiger partial charge in [0.1, 0.15) is 24.9 Å². The van der Waals surface area contributed by atoms with Crippen LogP contribution in [0, 0.1) is 6.61 Å². The second-order valence-electron chi connectivity index (χ2n) is 1.97. The molecule has 1 rings (SSSR count). The van der Waals surface area contributed by atoms with Gasteiger partial charge in [0, 0.05) is 0 Å². The van der Waals surface area contributed by atoms with Crippen molar-refractivity contribution < 1.29 is 20.1 Å². The molecule has 0 spiro atoms. The summed E-state index contributed by atoms with van der Waals surface area (Å²) in [4.78, 5) is 0. The lowest BCUT2D eigenvalue weighted by Gasteiger charge is -2.10. The topological polar surface area (TPSA) is 69.9 Å². The Bertz CT molecular complexity index is 95.0. The summed E-state index contributed by atoms with van der Waals surface area (Å²) in [6, 6.07) is 0. The zero-order chi connectivity index (χ0) is 6.85. The normalized spacial score (nSPS) is 43.7. The van der Waals surface area contributed by atoms with E-state index < -0.39 is 18.3 Å². The van der Waals surface area contributed by atoms with E-state index in [1.165, 1.54) is 0 Å². The Morgan fingerprint density at radius 3 is 2.33 bits per heavy atom. The Balaban J connectivity index is 2.41. The third-order valence-electron chi connectivity index (χ3n) is 1.30. The molecule has 9 heavy (non-hydrogen) atoms. The molecule has 1 radical (unpaired) electrons. The second kappa shape index (κ2) is 2.62. The van der Waals surface area contributed by atoms with Crippen LogP contribution in [0.1, 0.15) is 0 Å². The van der Waals surface area contributed by atoms with Gasteiger partial charge in [0.2, 0.25) is 0 Å². The molecule has 1 aliphatic rings. The molecule has 0 aromatic heterocycles. The van der Waals surface area contributed by atoms with Gasteiger partial charge in [0.05, 0.1) is 6.61 Å². The zero-order valence-corrected chi connectivity index (χ0v) is 4.77. The van der Waals surface area contributed by atoms with E-state index in [1.807, 2.05) is 0 Å². The molecule has 0 saturated carbocycles. The van der Waals surface area contributed by atoms with Crippen LogP contribution in [0.25, 0.3) is 0 Å². The van der Waals surface area contributed by atoms with Gasteiger partial charge in [-0.3, -0.25) is 0 Å². The van der Waals surface area contributed by atoms with Gasteiger partial charge in [0.25, 0.3) is 0 Å². The number of aliphatic hydroxyl groups is 3. The third kappa shape index (κ3) is 1.21. The molecule has 4 heteroatoms. The first-order chi connectivity index (χ1) is 4.25. The van der Waals surface area contributed by atoms with Crippen molar-refractivity contribution in [3.63, 3.8) is 0 Å². The van der Waals surface area contributed by atoms with Crippen LogP contribution in [0.4, 0.5) is 0 Å². The van der Waals surface area contributed by atoms with E-state index in [0.29, 0.717) is 0 Å². The summed E-state index contributed by atoms with van der Waals surface area (Å²) in [5, 5.41) is 26.1. The summed E-state index contributed by atoms with van der Waals surface area (Å²) >= 11 is 0. The van der Waals surface area contributed by atoms with Crippen LogP contribution in [0.15, 0.2) is 0 Å². The molecule has 53 valence electrons. The molecule has 0 aromatic carbocycles. The average molecular weight is 133 g/mol. The van der Waals surface area contributed by atoms with Crippen molar-refractivity contribution in [1.82, 2.24) is 0 Å². The second-order valence-corrected chi connectivity index (χ2v) is 1.97. The summed E-state index contributed by atoms with van der Waals surface area (Å²) in [6.45, 7) is 0.848. The first-order valence-electron chi connectivity index (χ1n) is 2.71. The summed E-state index contributed by atoms with van der Waals surface area (Å²) in [5.41, 5.74) is 0. The number of ether oxygens (including phenoxy) is 1. The largest absolute Gasteiger partial charge is 0.394 e. The molecular weight excluding hydrogens is 124 g/mol. The van der Waals surface area contributed by atoms with E-state index in [4.69, 9.17) is 15.3 Å². The predicted molar refractivity (Wildman–Crippen MR) is 28.3 cm³/mol. The Hall–Kier alpha value is -0.160. The van der Waals surface area contributed by atoms with Gasteiger partial charge >= 0.3 is 0 Å². The highest BCUT2D eigenvalue weighted by atomic mass is 16.5. The molecule has 0 amide bonds. The lowest BCUT2D eigenvalue weighted by molar-refractivity contribution is -0.00317. The van der Waals surface area contributed by atoms with Gasteiger partial charge in [-0.2, -0.15) is 0 Å². The molecule has 0 aliphatic carbocycles. The lowest BCUT2D eigenvalue weighted by Crippen LogP contribution is -2.31. The molecule has 1 heterocycles. The maximum Gasteiger partial charge on any atom is 0.115 e. The van der Waals surface area contributed by atoms with E-state index in [2.05, 4.69) is 4.74 Å². The van der Waals surface area contributed by atoms with E-state index in [1.54, 1.807) is 0 Å². The van der Waals surface area contributed by atoms with Crippen molar-refractivity contribution in [3.8, 4) is 0 Å². The zero-order valence-electron chi connectivity index (χ0n) is 4.77. The molecule has 1 fully saturated rings. The number of hydrogen-bond donors (Lipinski definition) is 3.